The van der Waals surface area contributed by atoms with Gasteiger partial charge in [-0.2, -0.15) is 0 Å². The Morgan fingerprint density at radius 3 is 1.98 bits per heavy atom. The summed E-state index contributed by atoms with van der Waals surface area (Å²) < 4.78 is 38.6. The molecule has 0 spiro atoms. The predicted octanol–water partition coefficient (Wildman–Crippen LogP) is 1.80. The number of benzene rings is 3. The molecule has 2 aliphatic heterocycles. The molecule has 0 saturated carbocycles. The number of sulfonamides is 1. The Morgan fingerprint density at radius 2 is 1.40 bits per heavy atom. The van der Waals surface area contributed by atoms with Crippen LogP contribution >= 0.6 is 11.6 Å². The summed E-state index contributed by atoms with van der Waals surface area (Å²) in [5, 5.41) is 13.8. The van der Waals surface area contributed by atoms with E-state index in [1.165, 1.54) is 12.1 Å². The third-order valence-corrected chi connectivity index (χ3v) is 9.20. The zero-order valence-corrected chi connectivity index (χ0v) is 25.6. The zero-order chi connectivity index (χ0) is 32.0. The number of imide groups is 2. The van der Waals surface area contributed by atoms with E-state index in [2.05, 4.69) is 15.4 Å². The summed E-state index contributed by atoms with van der Waals surface area (Å²) in [7, 11) is -3.75. The highest BCUT2D eigenvalue weighted by molar-refractivity contribution is 7.89. The van der Waals surface area contributed by atoms with Crippen LogP contribution in [-0.4, -0.2) is 88.8 Å². The second-order valence-electron chi connectivity index (χ2n) is 10.2. The summed E-state index contributed by atoms with van der Waals surface area (Å²) in [6, 6.07) is 18.9. The number of aliphatic hydroxyl groups is 1. The molecule has 0 aromatic heterocycles. The van der Waals surface area contributed by atoms with Gasteiger partial charge in [-0.15, -0.1) is 0 Å². The number of nitrogens with zero attached hydrogens (tertiary/aromatic N) is 2. The standard InChI is InChI=1S/C30H32ClN5O8S/c31-22-3-9-25(10-4-22)44-24-7-1-21(2-8-24)30(27(38)33-29(40)34-28(30)39)36-16-14-35(15-17-36)23-5-11-26(12-6-23)45(41,42)32-13-19-43-20-18-37/h1-12,32,37H,13-20H2,(H2,33,34,38,39,40). The molecule has 0 aliphatic carbocycles. The first-order valence-electron chi connectivity index (χ1n) is 14.1. The Balaban J connectivity index is 1.29. The summed E-state index contributed by atoms with van der Waals surface area (Å²) in [6.07, 6.45) is 0. The first kappa shape index (κ1) is 32.3. The highest BCUT2D eigenvalue weighted by Gasteiger charge is 2.56. The second kappa shape index (κ2) is 13.9. The fourth-order valence-corrected chi connectivity index (χ4v) is 6.43. The maximum Gasteiger partial charge on any atom is 0.328 e. The molecule has 15 heteroatoms. The van der Waals surface area contributed by atoms with Crippen LogP contribution in [0.5, 0.6) is 11.5 Å². The summed E-state index contributed by atoms with van der Waals surface area (Å²) in [6.45, 7) is 1.60. The third-order valence-electron chi connectivity index (χ3n) is 7.47. The van der Waals surface area contributed by atoms with E-state index in [9.17, 15) is 22.8 Å². The van der Waals surface area contributed by atoms with Crippen LogP contribution in [0.2, 0.25) is 5.02 Å². The molecule has 5 rings (SSSR count). The van der Waals surface area contributed by atoms with Crippen LogP contribution in [0, 0.1) is 0 Å². The van der Waals surface area contributed by atoms with Crippen molar-refractivity contribution in [2.45, 2.75) is 10.4 Å². The van der Waals surface area contributed by atoms with E-state index < -0.39 is 33.4 Å². The van der Waals surface area contributed by atoms with Gasteiger partial charge in [-0.05, 0) is 66.2 Å². The van der Waals surface area contributed by atoms with Crippen molar-refractivity contribution in [3.63, 3.8) is 0 Å². The lowest BCUT2D eigenvalue weighted by atomic mass is 9.84. The molecule has 0 unspecified atom stereocenters. The lowest BCUT2D eigenvalue weighted by molar-refractivity contribution is -0.149. The molecular weight excluding hydrogens is 626 g/mol. The average molecular weight is 658 g/mol. The quantitative estimate of drug-likeness (QED) is 0.167. The number of ether oxygens (including phenoxy) is 2. The fraction of sp³-hybridized carbons (Fsp3) is 0.300. The van der Waals surface area contributed by atoms with Gasteiger partial charge in [0.25, 0.3) is 11.8 Å². The Hall–Kier alpha value is -4.05. The van der Waals surface area contributed by atoms with Crippen LogP contribution < -0.4 is 25.0 Å². The first-order chi connectivity index (χ1) is 21.6. The van der Waals surface area contributed by atoms with E-state index in [0.29, 0.717) is 35.2 Å². The van der Waals surface area contributed by atoms with Crippen molar-refractivity contribution in [1.82, 2.24) is 20.3 Å². The molecule has 3 aromatic rings. The lowest BCUT2D eigenvalue weighted by Gasteiger charge is -2.47. The lowest BCUT2D eigenvalue weighted by Crippen LogP contribution is -2.73. The van der Waals surface area contributed by atoms with Crippen LogP contribution in [-0.2, 0) is 29.9 Å². The Bertz CT molecular complexity index is 1610. The third kappa shape index (κ3) is 7.11. The Morgan fingerprint density at radius 1 is 0.822 bits per heavy atom. The minimum absolute atomic E-state index is 0.0681. The minimum atomic E-state index is -3.75. The van der Waals surface area contributed by atoms with Crippen molar-refractivity contribution in [3.8, 4) is 11.5 Å². The van der Waals surface area contributed by atoms with Gasteiger partial charge in [0.1, 0.15) is 11.5 Å². The molecule has 0 radical (unpaired) electrons. The van der Waals surface area contributed by atoms with Gasteiger partial charge in [-0.3, -0.25) is 25.1 Å². The highest BCUT2D eigenvalue weighted by Crippen LogP contribution is 2.35. The number of amides is 4. The molecule has 2 aliphatic rings. The first-order valence-corrected chi connectivity index (χ1v) is 16.0. The van der Waals surface area contributed by atoms with Gasteiger partial charge in [0.2, 0.25) is 15.6 Å². The maximum absolute atomic E-state index is 13.5. The molecule has 238 valence electrons. The summed E-state index contributed by atoms with van der Waals surface area (Å²) >= 11 is 5.95. The number of hydrogen-bond donors (Lipinski definition) is 4. The predicted molar refractivity (Wildman–Crippen MR) is 165 cm³/mol. The van der Waals surface area contributed by atoms with Gasteiger partial charge in [0, 0.05) is 43.4 Å². The molecule has 0 bridgehead atoms. The Kier molecular flexibility index (Phi) is 10.0. The van der Waals surface area contributed by atoms with Gasteiger partial charge in [-0.1, -0.05) is 23.7 Å². The number of nitrogens with one attached hydrogen (secondary N) is 3. The fourth-order valence-electron chi connectivity index (χ4n) is 5.29. The van der Waals surface area contributed by atoms with E-state index in [1.54, 1.807) is 65.6 Å². The smallest absolute Gasteiger partial charge is 0.328 e. The van der Waals surface area contributed by atoms with Crippen molar-refractivity contribution in [2.75, 3.05) is 57.4 Å². The van der Waals surface area contributed by atoms with Gasteiger partial charge in [0.15, 0.2) is 0 Å². The molecule has 2 heterocycles. The largest absolute Gasteiger partial charge is 0.457 e. The van der Waals surface area contributed by atoms with Crippen LogP contribution in [0.1, 0.15) is 5.56 Å². The molecule has 4 amide bonds. The molecule has 0 atom stereocenters. The van der Waals surface area contributed by atoms with E-state index in [4.69, 9.17) is 26.2 Å². The number of anilines is 1. The van der Waals surface area contributed by atoms with E-state index in [-0.39, 0.29) is 44.4 Å². The number of carbonyl (C=O) groups excluding carboxylic acids is 3. The minimum Gasteiger partial charge on any atom is -0.457 e. The molecule has 2 fully saturated rings. The topological polar surface area (TPSA) is 167 Å². The monoisotopic (exact) mass is 657 g/mol. The van der Waals surface area contributed by atoms with Crippen molar-refractivity contribution < 1.29 is 37.4 Å². The SMILES string of the molecule is O=C1NC(=O)C(c2ccc(Oc3ccc(Cl)cc3)cc2)(N2CCN(c3ccc(S(=O)(=O)NCCOCCO)cc3)CC2)C(=O)N1. The number of piperazine rings is 1. The normalized spacial score (nSPS) is 17.1. The number of halogens is 1. The molecule has 45 heavy (non-hydrogen) atoms. The average Bonchev–Trinajstić information content (AvgIpc) is 3.03. The van der Waals surface area contributed by atoms with E-state index in [0.717, 1.165) is 5.69 Å². The van der Waals surface area contributed by atoms with Crippen molar-refractivity contribution in [1.29, 1.82) is 0 Å². The van der Waals surface area contributed by atoms with E-state index >= 15 is 0 Å². The molecule has 2 saturated heterocycles. The van der Waals surface area contributed by atoms with Crippen LogP contribution in [0.15, 0.2) is 77.7 Å². The summed E-state index contributed by atoms with van der Waals surface area (Å²) in [5.41, 5.74) is -0.667. The number of rotatable bonds is 12. The van der Waals surface area contributed by atoms with Crippen molar-refractivity contribution in [3.05, 3.63) is 83.4 Å². The van der Waals surface area contributed by atoms with Gasteiger partial charge < -0.3 is 19.5 Å². The van der Waals surface area contributed by atoms with Gasteiger partial charge >= 0.3 is 6.03 Å². The number of urea groups is 1. The zero-order valence-electron chi connectivity index (χ0n) is 24.1. The maximum atomic E-state index is 13.5. The number of hydrogen-bond acceptors (Lipinski definition) is 10. The van der Waals surface area contributed by atoms with Crippen LogP contribution in [0.25, 0.3) is 0 Å². The summed E-state index contributed by atoms with van der Waals surface area (Å²) in [5.74, 6) is -0.466. The number of aliphatic hydroxyl groups excluding tert-OH is 1. The van der Waals surface area contributed by atoms with Crippen molar-refractivity contribution in [2.24, 2.45) is 0 Å². The van der Waals surface area contributed by atoms with Crippen LogP contribution in [0.4, 0.5) is 10.5 Å². The molecule has 3 aromatic carbocycles. The Labute approximate surface area is 265 Å². The van der Waals surface area contributed by atoms with Gasteiger partial charge in [0.05, 0.1) is 24.7 Å². The van der Waals surface area contributed by atoms with Gasteiger partial charge in [-0.25, -0.2) is 17.9 Å². The second-order valence-corrected chi connectivity index (χ2v) is 12.4. The van der Waals surface area contributed by atoms with E-state index in [1.807, 2.05) is 4.90 Å². The molecular formula is C30H32ClN5O8S. The molecule has 13 nitrogen and oxygen atoms in total. The van der Waals surface area contributed by atoms with Crippen LogP contribution in [0.3, 0.4) is 0 Å². The number of barbiturate groups is 1. The summed E-state index contributed by atoms with van der Waals surface area (Å²) in [4.78, 5) is 42.8. The number of carbonyl (C=O) groups is 3. The highest BCUT2D eigenvalue weighted by atomic mass is 35.5. The molecule has 4 N–H and O–H groups in total. The van der Waals surface area contributed by atoms with Crippen molar-refractivity contribution >= 4 is 45.2 Å².